The zero-order valence-corrected chi connectivity index (χ0v) is 16.0. The van der Waals surface area contributed by atoms with E-state index in [0.29, 0.717) is 18.0 Å². The van der Waals surface area contributed by atoms with Gasteiger partial charge in [-0.25, -0.2) is 0 Å². The predicted molar refractivity (Wildman–Crippen MR) is 103 cm³/mol. The molecule has 1 atom stereocenters. The molecule has 26 heavy (non-hydrogen) atoms. The summed E-state index contributed by atoms with van der Waals surface area (Å²) in [4.78, 5) is 24.6. The molecule has 2 N–H and O–H groups in total. The number of hydrogen-bond donors (Lipinski definition) is 2. The molecule has 0 saturated heterocycles. The highest BCUT2D eigenvalue weighted by molar-refractivity contribution is 6.39. The third-order valence-electron chi connectivity index (χ3n) is 4.13. The Morgan fingerprint density at radius 2 is 1.65 bits per heavy atom. The van der Waals surface area contributed by atoms with Crippen molar-refractivity contribution < 1.29 is 14.3 Å². The number of benzene rings is 2. The Labute approximate surface area is 154 Å². The van der Waals surface area contributed by atoms with Crippen molar-refractivity contribution in [3.63, 3.8) is 0 Å². The molecule has 2 aromatic carbocycles. The van der Waals surface area contributed by atoms with Crippen LogP contribution in [-0.2, 0) is 9.59 Å². The van der Waals surface area contributed by atoms with Crippen LogP contribution in [0.4, 0.5) is 5.69 Å². The molecule has 0 bridgehead atoms. The van der Waals surface area contributed by atoms with Gasteiger partial charge in [0.15, 0.2) is 0 Å². The minimum Gasteiger partial charge on any atom is -0.494 e. The second-order valence-corrected chi connectivity index (χ2v) is 6.44. The van der Waals surface area contributed by atoms with Gasteiger partial charge in [-0.15, -0.1) is 0 Å². The Hall–Kier alpha value is -2.82. The molecule has 0 saturated carbocycles. The minimum absolute atomic E-state index is 0.353. The number of aryl methyl sites for hydroxylation is 3. The molecule has 2 amide bonds. The molecule has 138 valence electrons. The lowest BCUT2D eigenvalue weighted by Crippen LogP contribution is -2.37. The van der Waals surface area contributed by atoms with E-state index in [4.69, 9.17) is 4.74 Å². The van der Waals surface area contributed by atoms with Gasteiger partial charge < -0.3 is 15.4 Å². The number of amides is 2. The first-order chi connectivity index (χ1) is 12.3. The Morgan fingerprint density at radius 3 is 2.35 bits per heavy atom. The van der Waals surface area contributed by atoms with Crippen molar-refractivity contribution in [1.82, 2.24) is 5.32 Å². The summed E-state index contributed by atoms with van der Waals surface area (Å²) in [5.74, 6) is -0.653. The van der Waals surface area contributed by atoms with Crippen LogP contribution in [0, 0.1) is 20.8 Å². The minimum atomic E-state index is -0.684. The molecule has 1 unspecified atom stereocenters. The molecule has 0 aliphatic heterocycles. The molecular weight excluding hydrogens is 328 g/mol. The van der Waals surface area contributed by atoms with Gasteiger partial charge in [-0.05, 0) is 57.9 Å². The molecule has 0 aliphatic rings. The predicted octanol–water partition coefficient (Wildman–Crippen LogP) is 3.83. The van der Waals surface area contributed by atoms with E-state index in [1.54, 1.807) is 0 Å². The fourth-order valence-corrected chi connectivity index (χ4v) is 2.68. The van der Waals surface area contributed by atoms with Crippen LogP contribution in [0.5, 0.6) is 5.75 Å². The Bertz CT molecular complexity index is 815. The molecule has 2 rings (SSSR count). The summed E-state index contributed by atoms with van der Waals surface area (Å²) in [5.41, 5.74) is 4.47. The number of rotatable bonds is 5. The number of carbonyl (C=O) groups excluding carboxylic acids is 2. The topological polar surface area (TPSA) is 67.4 Å². The van der Waals surface area contributed by atoms with Crippen molar-refractivity contribution >= 4 is 17.5 Å². The molecule has 0 aliphatic carbocycles. The second-order valence-electron chi connectivity index (χ2n) is 6.44. The van der Waals surface area contributed by atoms with Crippen LogP contribution < -0.4 is 15.4 Å². The van der Waals surface area contributed by atoms with E-state index in [2.05, 4.69) is 10.6 Å². The monoisotopic (exact) mass is 354 g/mol. The standard InChI is InChI=1S/C21H26N2O3/c1-6-26-19-10-8-13(2)11-17(19)16(5)22-20(24)21(25)23-18-12-14(3)7-9-15(18)4/h7-12,16H,6H2,1-5H3,(H,22,24)(H,23,25). The Kier molecular flexibility index (Phi) is 6.39. The average Bonchev–Trinajstić information content (AvgIpc) is 2.59. The van der Waals surface area contributed by atoms with E-state index >= 15 is 0 Å². The van der Waals surface area contributed by atoms with Crippen LogP contribution in [0.25, 0.3) is 0 Å². The second kappa shape index (κ2) is 8.52. The van der Waals surface area contributed by atoms with Crippen molar-refractivity contribution in [3.05, 3.63) is 58.7 Å². The number of nitrogens with one attached hydrogen (secondary N) is 2. The summed E-state index contributed by atoms with van der Waals surface area (Å²) in [6.07, 6.45) is 0. The fraction of sp³-hybridized carbons (Fsp3) is 0.333. The lowest BCUT2D eigenvalue weighted by molar-refractivity contribution is -0.136. The Balaban J connectivity index is 2.10. The van der Waals surface area contributed by atoms with Crippen molar-refractivity contribution in [2.45, 2.75) is 40.7 Å². The molecule has 0 fully saturated rings. The summed E-state index contributed by atoms with van der Waals surface area (Å²) in [5, 5.41) is 5.42. The average molecular weight is 354 g/mol. The summed E-state index contributed by atoms with van der Waals surface area (Å²) >= 11 is 0. The first-order valence-electron chi connectivity index (χ1n) is 8.74. The van der Waals surface area contributed by atoms with E-state index < -0.39 is 11.8 Å². The normalized spacial score (nSPS) is 11.6. The summed E-state index contributed by atoms with van der Waals surface area (Å²) in [7, 11) is 0. The molecule has 5 nitrogen and oxygen atoms in total. The molecule has 0 spiro atoms. The quantitative estimate of drug-likeness (QED) is 0.802. The van der Waals surface area contributed by atoms with Crippen LogP contribution in [0.15, 0.2) is 36.4 Å². The molecular formula is C21H26N2O3. The Morgan fingerprint density at radius 1 is 1.00 bits per heavy atom. The van der Waals surface area contributed by atoms with E-state index in [0.717, 1.165) is 22.3 Å². The van der Waals surface area contributed by atoms with Gasteiger partial charge in [-0.3, -0.25) is 9.59 Å². The number of carbonyl (C=O) groups is 2. The van der Waals surface area contributed by atoms with Gasteiger partial charge in [-0.1, -0.05) is 29.8 Å². The molecule has 0 aromatic heterocycles. The molecule has 0 radical (unpaired) electrons. The number of ether oxygens (including phenoxy) is 1. The van der Waals surface area contributed by atoms with Gasteiger partial charge in [0.2, 0.25) is 0 Å². The maximum absolute atomic E-state index is 12.3. The van der Waals surface area contributed by atoms with Crippen molar-refractivity contribution in [2.24, 2.45) is 0 Å². The van der Waals surface area contributed by atoms with Crippen molar-refractivity contribution in [2.75, 3.05) is 11.9 Å². The fourth-order valence-electron chi connectivity index (χ4n) is 2.68. The van der Waals surface area contributed by atoms with Gasteiger partial charge in [0.05, 0.1) is 12.6 Å². The molecule has 0 heterocycles. The number of anilines is 1. The van der Waals surface area contributed by atoms with Crippen LogP contribution >= 0.6 is 0 Å². The molecule has 2 aromatic rings. The van der Waals surface area contributed by atoms with E-state index in [1.165, 1.54) is 0 Å². The zero-order valence-electron chi connectivity index (χ0n) is 16.0. The van der Waals surface area contributed by atoms with Crippen LogP contribution in [0.3, 0.4) is 0 Å². The maximum atomic E-state index is 12.3. The van der Waals surface area contributed by atoms with E-state index in [1.807, 2.05) is 71.0 Å². The van der Waals surface area contributed by atoms with Crippen molar-refractivity contribution in [3.8, 4) is 5.75 Å². The first kappa shape index (κ1) is 19.5. The third-order valence-corrected chi connectivity index (χ3v) is 4.13. The lowest BCUT2D eigenvalue weighted by atomic mass is 10.0. The maximum Gasteiger partial charge on any atom is 0.313 e. The largest absolute Gasteiger partial charge is 0.494 e. The van der Waals surface area contributed by atoms with Crippen LogP contribution in [0.1, 0.15) is 42.1 Å². The highest BCUT2D eigenvalue weighted by Crippen LogP contribution is 2.26. The first-order valence-corrected chi connectivity index (χ1v) is 8.74. The zero-order chi connectivity index (χ0) is 19.3. The lowest BCUT2D eigenvalue weighted by Gasteiger charge is -2.18. The third kappa shape index (κ3) is 4.85. The van der Waals surface area contributed by atoms with Gasteiger partial charge in [0.1, 0.15) is 5.75 Å². The highest BCUT2D eigenvalue weighted by atomic mass is 16.5. The number of hydrogen-bond acceptors (Lipinski definition) is 3. The van der Waals surface area contributed by atoms with Gasteiger partial charge in [0, 0.05) is 11.3 Å². The van der Waals surface area contributed by atoms with E-state index in [9.17, 15) is 9.59 Å². The highest BCUT2D eigenvalue weighted by Gasteiger charge is 2.20. The van der Waals surface area contributed by atoms with Crippen LogP contribution in [0.2, 0.25) is 0 Å². The van der Waals surface area contributed by atoms with Gasteiger partial charge in [-0.2, -0.15) is 0 Å². The SMILES string of the molecule is CCOc1ccc(C)cc1C(C)NC(=O)C(=O)Nc1cc(C)ccc1C. The van der Waals surface area contributed by atoms with Crippen molar-refractivity contribution in [1.29, 1.82) is 0 Å². The molecule has 5 heteroatoms. The van der Waals surface area contributed by atoms with Gasteiger partial charge in [0.25, 0.3) is 0 Å². The van der Waals surface area contributed by atoms with E-state index in [-0.39, 0.29) is 6.04 Å². The summed E-state index contributed by atoms with van der Waals surface area (Å²) in [6.45, 7) is 10.1. The summed E-state index contributed by atoms with van der Waals surface area (Å²) < 4.78 is 5.63. The smallest absolute Gasteiger partial charge is 0.313 e. The van der Waals surface area contributed by atoms with Crippen LogP contribution in [-0.4, -0.2) is 18.4 Å². The van der Waals surface area contributed by atoms with Gasteiger partial charge >= 0.3 is 11.8 Å². The summed E-state index contributed by atoms with van der Waals surface area (Å²) in [6, 6.07) is 11.2.